The SMILES string of the molecule is COC(=O)c1ccc(NC(=O)OCc2ccccc2)nc1. The smallest absolute Gasteiger partial charge is 0.413 e. The number of anilines is 1. The minimum atomic E-state index is -0.614. The third-order valence-electron chi connectivity index (χ3n) is 2.63. The zero-order valence-corrected chi connectivity index (χ0v) is 11.4. The molecule has 0 radical (unpaired) electrons. The molecule has 1 N–H and O–H groups in total. The van der Waals surface area contributed by atoms with Gasteiger partial charge >= 0.3 is 12.1 Å². The molecule has 2 aromatic rings. The predicted octanol–water partition coefficient (Wildman–Crippen LogP) is 2.62. The fraction of sp³-hybridized carbons (Fsp3) is 0.133. The van der Waals surface area contributed by atoms with E-state index in [0.29, 0.717) is 11.4 Å². The number of pyridine rings is 1. The van der Waals surface area contributed by atoms with E-state index in [1.165, 1.54) is 25.4 Å². The van der Waals surface area contributed by atoms with Crippen LogP contribution in [0.1, 0.15) is 15.9 Å². The highest BCUT2D eigenvalue weighted by molar-refractivity contribution is 5.89. The van der Waals surface area contributed by atoms with E-state index in [9.17, 15) is 9.59 Å². The molecular weight excluding hydrogens is 272 g/mol. The summed E-state index contributed by atoms with van der Waals surface area (Å²) in [5.74, 6) is -0.193. The summed E-state index contributed by atoms with van der Waals surface area (Å²) < 4.78 is 9.60. The largest absolute Gasteiger partial charge is 0.465 e. The highest BCUT2D eigenvalue weighted by Crippen LogP contribution is 2.07. The van der Waals surface area contributed by atoms with Gasteiger partial charge in [-0.25, -0.2) is 14.6 Å². The van der Waals surface area contributed by atoms with Crippen molar-refractivity contribution >= 4 is 17.9 Å². The molecule has 0 aliphatic rings. The Labute approximate surface area is 121 Å². The summed E-state index contributed by atoms with van der Waals surface area (Å²) in [6.07, 6.45) is 0.704. The Morgan fingerprint density at radius 3 is 2.52 bits per heavy atom. The van der Waals surface area contributed by atoms with Gasteiger partial charge in [-0.3, -0.25) is 5.32 Å². The van der Waals surface area contributed by atoms with Crippen LogP contribution in [0.25, 0.3) is 0 Å². The van der Waals surface area contributed by atoms with Gasteiger partial charge in [-0.15, -0.1) is 0 Å². The number of rotatable bonds is 4. The summed E-state index contributed by atoms with van der Waals surface area (Å²) in [7, 11) is 1.29. The standard InChI is InChI=1S/C15H14N2O4/c1-20-14(18)12-7-8-13(16-9-12)17-15(19)21-10-11-5-3-2-4-6-11/h2-9H,10H2,1H3,(H,16,17,19). The lowest BCUT2D eigenvalue weighted by atomic mass is 10.2. The van der Waals surface area contributed by atoms with Crippen LogP contribution in [0.15, 0.2) is 48.7 Å². The normalized spacial score (nSPS) is 9.76. The minimum absolute atomic E-state index is 0.174. The topological polar surface area (TPSA) is 77.5 Å². The van der Waals surface area contributed by atoms with Gasteiger partial charge in [0.15, 0.2) is 0 Å². The van der Waals surface area contributed by atoms with E-state index in [2.05, 4.69) is 15.0 Å². The van der Waals surface area contributed by atoms with Crippen molar-refractivity contribution in [3.8, 4) is 0 Å². The van der Waals surface area contributed by atoms with Crippen molar-refractivity contribution in [3.63, 3.8) is 0 Å². The Kier molecular flexibility index (Phi) is 4.87. The monoisotopic (exact) mass is 286 g/mol. The summed E-state index contributed by atoms with van der Waals surface area (Å²) in [5.41, 5.74) is 1.20. The van der Waals surface area contributed by atoms with Gasteiger partial charge in [-0.1, -0.05) is 30.3 Å². The Balaban J connectivity index is 1.86. The van der Waals surface area contributed by atoms with Gasteiger partial charge in [0.2, 0.25) is 0 Å². The van der Waals surface area contributed by atoms with Gasteiger partial charge in [-0.05, 0) is 17.7 Å². The molecule has 1 heterocycles. The molecule has 108 valence electrons. The first kappa shape index (κ1) is 14.5. The zero-order valence-electron chi connectivity index (χ0n) is 11.4. The second kappa shape index (κ2) is 7.04. The highest BCUT2D eigenvalue weighted by Gasteiger charge is 2.08. The number of esters is 1. The van der Waals surface area contributed by atoms with Crippen LogP contribution in [-0.2, 0) is 16.1 Å². The summed E-state index contributed by atoms with van der Waals surface area (Å²) in [4.78, 5) is 26.8. The number of amides is 1. The van der Waals surface area contributed by atoms with Gasteiger partial charge in [0.1, 0.15) is 12.4 Å². The van der Waals surface area contributed by atoms with E-state index >= 15 is 0 Å². The van der Waals surface area contributed by atoms with E-state index in [1.54, 1.807) is 0 Å². The molecule has 1 aromatic heterocycles. The number of nitrogens with zero attached hydrogens (tertiary/aromatic N) is 1. The fourth-order valence-electron chi connectivity index (χ4n) is 1.57. The Bertz CT molecular complexity index is 611. The van der Waals surface area contributed by atoms with Crippen LogP contribution >= 0.6 is 0 Å². The first-order valence-corrected chi connectivity index (χ1v) is 6.21. The average Bonchev–Trinajstić information content (AvgIpc) is 2.54. The second-order valence-corrected chi connectivity index (χ2v) is 4.11. The Hall–Kier alpha value is -2.89. The molecule has 0 saturated carbocycles. The summed E-state index contributed by atoms with van der Waals surface area (Å²) in [5, 5.41) is 2.47. The molecule has 0 fully saturated rings. The number of hydrogen-bond acceptors (Lipinski definition) is 5. The molecule has 0 spiro atoms. The van der Waals surface area contributed by atoms with Crippen LogP contribution in [-0.4, -0.2) is 24.2 Å². The molecule has 0 saturated heterocycles. The van der Waals surface area contributed by atoms with Crippen LogP contribution in [0.2, 0.25) is 0 Å². The lowest BCUT2D eigenvalue weighted by Crippen LogP contribution is -2.14. The van der Waals surface area contributed by atoms with Crippen molar-refractivity contribution in [1.82, 2.24) is 4.98 Å². The third kappa shape index (κ3) is 4.31. The van der Waals surface area contributed by atoms with Crippen molar-refractivity contribution in [2.75, 3.05) is 12.4 Å². The van der Waals surface area contributed by atoms with Gasteiger partial charge in [0.25, 0.3) is 0 Å². The molecule has 0 aliphatic carbocycles. The average molecular weight is 286 g/mol. The second-order valence-electron chi connectivity index (χ2n) is 4.11. The lowest BCUT2D eigenvalue weighted by Gasteiger charge is -2.06. The molecule has 0 atom stereocenters. The number of hydrogen-bond donors (Lipinski definition) is 1. The van der Waals surface area contributed by atoms with Crippen LogP contribution in [0, 0.1) is 0 Å². The van der Waals surface area contributed by atoms with Crippen LogP contribution in [0.4, 0.5) is 10.6 Å². The van der Waals surface area contributed by atoms with E-state index in [1.807, 2.05) is 30.3 Å². The maximum Gasteiger partial charge on any atom is 0.413 e. The number of methoxy groups -OCH3 is 1. The number of benzene rings is 1. The number of carbonyl (C=O) groups excluding carboxylic acids is 2. The molecule has 6 nitrogen and oxygen atoms in total. The highest BCUT2D eigenvalue weighted by atomic mass is 16.5. The predicted molar refractivity (Wildman–Crippen MR) is 75.8 cm³/mol. The third-order valence-corrected chi connectivity index (χ3v) is 2.63. The van der Waals surface area contributed by atoms with E-state index in [4.69, 9.17) is 4.74 Å². The van der Waals surface area contributed by atoms with Crippen molar-refractivity contribution in [1.29, 1.82) is 0 Å². The van der Waals surface area contributed by atoms with Gasteiger partial charge < -0.3 is 9.47 Å². The lowest BCUT2D eigenvalue weighted by molar-refractivity contribution is 0.0600. The molecular formula is C15H14N2O4. The Morgan fingerprint density at radius 1 is 1.14 bits per heavy atom. The van der Waals surface area contributed by atoms with Crippen molar-refractivity contribution in [3.05, 3.63) is 59.8 Å². The number of aromatic nitrogens is 1. The summed E-state index contributed by atoms with van der Waals surface area (Å²) in [6.45, 7) is 0.174. The molecule has 1 amide bonds. The van der Waals surface area contributed by atoms with Crippen LogP contribution in [0.3, 0.4) is 0 Å². The van der Waals surface area contributed by atoms with Crippen molar-refractivity contribution in [2.45, 2.75) is 6.61 Å². The van der Waals surface area contributed by atoms with E-state index < -0.39 is 12.1 Å². The van der Waals surface area contributed by atoms with Gasteiger partial charge in [0.05, 0.1) is 12.7 Å². The van der Waals surface area contributed by atoms with Crippen molar-refractivity contribution in [2.24, 2.45) is 0 Å². The molecule has 2 rings (SSSR count). The quantitative estimate of drug-likeness (QED) is 0.874. The first-order valence-electron chi connectivity index (χ1n) is 6.21. The van der Waals surface area contributed by atoms with Crippen molar-refractivity contribution < 1.29 is 19.1 Å². The fourth-order valence-corrected chi connectivity index (χ4v) is 1.57. The van der Waals surface area contributed by atoms with Gasteiger partial charge in [0, 0.05) is 6.20 Å². The molecule has 21 heavy (non-hydrogen) atoms. The number of ether oxygens (including phenoxy) is 2. The minimum Gasteiger partial charge on any atom is -0.465 e. The number of carbonyl (C=O) groups is 2. The number of nitrogens with one attached hydrogen (secondary N) is 1. The summed E-state index contributed by atoms with van der Waals surface area (Å²) >= 11 is 0. The zero-order chi connectivity index (χ0) is 15.1. The maximum absolute atomic E-state index is 11.6. The molecule has 0 unspecified atom stereocenters. The van der Waals surface area contributed by atoms with Crippen LogP contribution < -0.4 is 5.32 Å². The van der Waals surface area contributed by atoms with E-state index in [-0.39, 0.29) is 6.61 Å². The maximum atomic E-state index is 11.6. The van der Waals surface area contributed by atoms with Crippen LogP contribution in [0.5, 0.6) is 0 Å². The van der Waals surface area contributed by atoms with Gasteiger partial charge in [-0.2, -0.15) is 0 Å². The first-order chi connectivity index (χ1) is 10.2. The molecule has 6 heteroatoms. The molecule has 0 bridgehead atoms. The van der Waals surface area contributed by atoms with E-state index in [0.717, 1.165) is 5.56 Å². The molecule has 0 aliphatic heterocycles. The Morgan fingerprint density at radius 2 is 1.90 bits per heavy atom. The summed E-state index contributed by atoms with van der Waals surface area (Å²) in [6, 6.07) is 12.3. The molecule has 1 aromatic carbocycles.